The van der Waals surface area contributed by atoms with Crippen LogP contribution in [0, 0.1) is 0 Å². The minimum absolute atomic E-state index is 0.694. The Hall–Kier alpha value is -0.770. The number of hydrogen-bond acceptors (Lipinski definition) is 3. The molecule has 0 atom stereocenters. The molecule has 0 bridgehead atoms. The molecule has 1 N–H and O–H groups in total. The van der Waals surface area contributed by atoms with E-state index < -0.39 is 0 Å². The Morgan fingerprint density at radius 3 is 2.72 bits per heavy atom. The van der Waals surface area contributed by atoms with E-state index in [1.807, 2.05) is 18.2 Å². The zero-order valence-electron chi connectivity index (χ0n) is 11.2. The summed E-state index contributed by atoms with van der Waals surface area (Å²) in [5.74, 6) is 0.786. The van der Waals surface area contributed by atoms with Crippen molar-refractivity contribution in [1.82, 2.24) is 5.32 Å². The molecule has 0 saturated carbocycles. The molecule has 0 amide bonds. The second-order valence-corrected chi connectivity index (χ2v) is 4.48. The van der Waals surface area contributed by atoms with Crippen molar-refractivity contribution in [2.45, 2.75) is 19.8 Å². The van der Waals surface area contributed by atoms with Crippen molar-refractivity contribution in [3.05, 3.63) is 28.8 Å². The molecule has 0 spiro atoms. The minimum Gasteiger partial charge on any atom is -0.497 e. The average Bonchev–Trinajstić information content (AvgIpc) is 2.39. The van der Waals surface area contributed by atoms with Crippen LogP contribution in [0.5, 0.6) is 5.75 Å². The van der Waals surface area contributed by atoms with Gasteiger partial charge >= 0.3 is 0 Å². The molecule has 0 unspecified atom stereocenters. The molecule has 0 fully saturated rings. The normalized spacial score (nSPS) is 10.6. The van der Waals surface area contributed by atoms with E-state index in [2.05, 4.69) is 12.2 Å². The quantitative estimate of drug-likeness (QED) is 0.701. The summed E-state index contributed by atoms with van der Waals surface area (Å²) < 4.78 is 10.6. The maximum Gasteiger partial charge on any atom is 0.120 e. The summed E-state index contributed by atoms with van der Waals surface area (Å²) in [5, 5.41) is 4.03. The van der Waals surface area contributed by atoms with Crippen molar-refractivity contribution in [3.8, 4) is 5.75 Å². The molecule has 4 heteroatoms. The molecule has 1 aromatic rings. The van der Waals surface area contributed by atoms with E-state index in [1.165, 1.54) is 0 Å². The summed E-state index contributed by atoms with van der Waals surface area (Å²) in [6, 6.07) is 5.74. The van der Waals surface area contributed by atoms with Crippen molar-refractivity contribution in [2.24, 2.45) is 0 Å². The summed E-state index contributed by atoms with van der Waals surface area (Å²) in [4.78, 5) is 0. The third kappa shape index (κ3) is 5.71. The Bertz CT molecular complexity index is 345. The molecule has 1 rings (SSSR count). The van der Waals surface area contributed by atoms with Gasteiger partial charge in [0.15, 0.2) is 0 Å². The van der Waals surface area contributed by atoms with Crippen LogP contribution in [0.3, 0.4) is 0 Å². The molecule has 102 valence electrons. The number of methoxy groups -OCH3 is 1. The third-order valence-electron chi connectivity index (χ3n) is 2.63. The zero-order valence-corrected chi connectivity index (χ0v) is 11.9. The number of rotatable bonds is 9. The molecule has 0 aliphatic rings. The van der Waals surface area contributed by atoms with Crippen molar-refractivity contribution in [3.63, 3.8) is 0 Å². The van der Waals surface area contributed by atoms with E-state index in [4.69, 9.17) is 21.1 Å². The maximum atomic E-state index is 6.14. The Labute approximate surface area is 114 Å². The summed E-state index contributed by atoms with van der Waals surface area (Å²) in [5.41, 5.74) is 1.10. The fourth-order valence-electron chi connectivity index (χ4n) is 1.59. The molecule has 0 saturated heterocycles. The van der Waals surface area contributed by atoms with Gasteiger partial charge in [-0.05, 0) is 37.1 Å². The molecule has 3 nitrogen and oxygen atoms in total. The highest BCUT2D eigenvalue weighted by molar-refractivity contribution is 6.31. The van der Waals surface area contributed by atoms with Crippen LogP contribution in [0.25, 0.3) is 0 Å². The molecule has 0 heterocycles. The predicted octanol–water partition coefficient (Wildman–Crippen LogP) is 2.91. The van der Waals surface area contributed by atoms with E-state index >= 15 is 0 Å². The third-order valence-corrected chi connectivity index (χ3v) is 2.98. The summed E-state index contributed by atoms with van der Waals surface area (Å²) in [6.07, 6.45) is 1.98. The molecular weight excluding hydrogens is 250 g/mol. The summed E-state index contributed by atoms with van der Waals surface area (Å²) in [7, 11) is 1.64. The SMILES string of the molecule is CCCNCCOCCc1ccc(OC)cc1Cl. The van der Waals surface area contributed by atoms with Crippen LogP contribution in [0.1, 0.15) is 18.9 Å². The molecular formula is C14H22ClNO2. The lowest BCUT2D eigenvalue weighted by atomic mass is 10.1. The molecule has 18 heavy (non-hydrogen) atoms. The minimum atomic E-state index is 0.694. The highest BCUT2D eigenvalue weighted by Gasteiger charge is 2.02. The summed E-state index contributed by atoms with van der Waals surface area (Å²) in [6.45, 7) is 5.55. The standard InChI is InChI=1S/C14H22ClNO2/c1-3-7-16-8-10-18-9-6-12-4-5-13(17-2)11-14(12)15/h4-5,11,16H,3,6-10H2,1-2H3. The lowest BCUT2D eigenvalue weighted by Crippen LogP contribution is -2.20. The largest absolute Gasteiger partial charge is 0.497 e. The fraction of sp³-hybridized carbons (Fsp3) is 0.571. The Morgan fingerprint density at radius 2 is 2.06 bits per heavy atom. The van der Waals surface area contributed by atoms with Crippen LogP contribution in [-0.4, -0.2) is 33.4 Å². The first-order valence-corrected chi connectivity index (χ1v) is 6.76. The van der Waals surface area contributed by atoms with Gasteiger partial charge in [0.2, 0.25) is 0 Å². The van der Waals surface area contributed by atoms with Gasteiger partial charge in [0, 0.05) is 11.6 Å². The molecule has 0 radical (unpaired) electrons. The highest BCUT2D eigenvalue weighted by Crippen LogP contribution is 2.22. The predicted molar refractivity (Wildman–Crippen MR) is 75.7 cm³/mol. The Morgan fingerprint density at radius 1 is 1.22 bits per heavy atom. The van der Waals surface area contributed by atoms with Gasteiger partial charge in [-0.2, -0.15) is 0 Å². The number of nitrogens with one attached hydrogen (secondary N) is 1. The van der Waals surface area contributed by atoms with Gasteiger partial charge in [-0.1, -0.05) is 24.6 Å². The van der Waals surface area contributed by atoms with Crippen molar-refractivity contribution in [2.75, 3.05) is 33.4 Å². The lowest BCUT2D eigenvalue weighted by molar-refractivity contribution is 0.139. The molecule has 0 aliphatic carbocycles. The molecule has 0 aliphatic heterocycles. The van der Waals surface area contributed by atoms with Crippen molar-refractivity contribution < 1.29 is 9.47 Å². The molecule has 0 aromatic heterocycles. The van der Waals surface area contributed by atoms with Crippen LogP contribution in [0.4, 0.5) is 0 Å². The molecule has 1 aromatic carbocycles. The number of ether oxygens (including phenoxy) is 2. The lowest BCUT2D eigenvalue weighted by Gasteiger charge is -2.08. The summed E-state index contributed by atoms with van der Waals surface area (Å²) >= 11 is 6.14. The number of halogens is 1. The van der Waals surface area contributed by atoms with E-state index in [9.17, 15) is 0 Å². The van der Waals surface area contributed by atoms with E-state index in [0.29, 0.717) is 6.61 Å². The van der Waals surface area contributed by atoms with Crippen LogP contribution >= 0.6 is 11.6 Å². The van der Waals surface area contributed by atoms with Gasteiger partial charge < -0.3 is 14.8 Å². The maximum absolute atomic E-state index is 6.14. The first kappa shape index (κ1) is 15.3. The first-order chi connectivity index (χ1) is 8.77. The van der Waals surface area contributed by atoms with E-state index in [1.54, 1.807) is 7.11 Å². The van der Waals surface area contributed by atoms with Gasteiger partial charge in [-0.15, -0.1) is 0 Å². The highest BCUT2D eigenvalue weighted by atomic mass is 35.5. The first-order valence-electron chi connectivity index (χ1n) is 6.38. The second kappa shape index (κ2) is 9.20. The fourth-order valence-corrected chi connectivity index (χ4v) is 1.85. The zero-order chi connectivity index (χ0) is 13.2. The topological polar surface area (TPSA) is 30.5 Å². The van der Waals surface area contributed by atoms with Crippen molar-refractivity contribution >= 4 is 11.6 Å². The van der Waals surface area contributed by atoms with Gasteiger partial charge in [-0.25, -0.2) is 0 Å². The number of benzene rings is 1. The van der Waals surface area contributed by atoms with Gasteiger partial charge in [0.25, 0.3) is 0 Å². The second-order valence-electron chi connectivity index (χ2n) is 4.07. The van der Waals surface area contributed by atoms with Gasteiger partial charge in [-0.3, -0.25) is 0 Å². The monoisotopic (exact) mass is 271 g/mol. The van der Waals surface area contributed by atoms with Crippen LogP contribution in [0.15, 0.2) is 18.2 Å². The Balaban J connectivity index is 2.19. The van der Waals surface area contributed by atoms with Crippen LogP contribution in [0.2, 0.25) is 5.02 Å². The van der Waals surface area contributed by atoms with Gasteiger partial charge in [0.1, 0.15) is 5.75 Å². The van der Waals surface area contributed by atoms with E-state index in [0.717, 1.165) is 48.9 Å². The Kier molecular flexibility index (Phi) is 7.81. The smallest absolute Gasteiger partial charge is 0.120 e. The van der Waals surface area contributed by atoms with Crippen LogP contribution in [-0.2, 0) is 11.2 Å². The van der Waals surface area contributed by atoms with E-state index in [-0.39, 0.29) is 0 Å². The number of hydrogen-bond donors (Lipinski definition) is 1. The van der Waals surface area contributed by atoms with Crippen molar-refractivity contribution in [1.29, 1.82) is 0 Å². The van der Waals surface area contributed by atoms with Gasteiger partial charge in [0.05, 0.1) is 20.3 Å². The average molecular weight is 272 g/mol. The van der Waals surface area contributed by atoms with Crippen LogP contribution < -0.4 is 10.1 Å².